The molecule has 0 aromatic heterocycles. The Morgan fingerprint density at radius 2 is 1.75 bits per heavy atom. The maximum absolute atomic E-state index is 12.6. The molecular weight excluding hydrogens is 374 g/mol. The predicted octanol–water partition coefficient (Wildman–Crippen LogP) is 4.41. The summed E-state index contributed by atoms with van der Waals surface area (Å²) >= 11 is 0. The first-order chi connectivity index (χ1) is 13.3. The number of methoxy groups -OCH3 is 2. The molecular formula is C19H22F2N2O5. The van der Waals surface area contributed by atoms with Gasteiger partial charge in [0, 0.05) is 23.7 Å². The molecule has 0 amide bonds. The second-order valence-corrected chi connectivity index (χ2v) is 6.10. The van der Waals surface area contributed by atoms with Crippen molar-refractivity contribution in [1.29, 1.82) is 0 Å². The van der Waals surface area contributed by atoms with E-state index in [-0.39, 0.29) is 29.8 Å². The number of para-hydroxylation sites is 1. The first-order valence-corrected chi connectivity index (χ1v) is 8.41. The number of rotatable bonds is 9. The maximum atomic E-state index is 12.6. The normalized spacial score (nSPS) is 12.1. The van der Waals surface area contributed by atoms with Gasteiger partial charge in [0.25, 0.3) is 5.69 Å². The van der Waals surface area contributed by atoms with Gasteiger partial charge in [-0.1, -0.05) is 18.2 Å². The van der Waals surface area contributed by atoms with Gasteiger partial charge in [0.2, 0.25) is 0 Å². The van der Waals surface area contributed by atoms with Crippen LogP contribution in [0.4, 0.5) is 14.5 Å². The van der Waals surface area contributed by atoms with Crippen molar-refractivity contribution in [3.05, 3.63) is 57.6 Å². The molecule has 7 nitrogen and oxygen atoms in total. The van der Waals surface area contributed by atoms with Crippen LogP contribution in [0.25, 0.3) is 0 Å². The molecule has 2 aromatic rings. The monoisotopic (exact) mass is 396 g/mol. The third kappa shape index (κ3) is 4.86. The summed E-state index contributed by atoms with van der Waals surface area (Å²) in [6.45, 7) is -0.997. The van der Waals surface area contributed by atoms with E-state index in [0.29, 0.717) is 11.3 Å². The van der Waals surface area contributed by atoms with E-state index in [2.05, 4.69) is 4.74 Å². The zero-order chi connectivity index (χ0) is 20.8. The highest BCUT2D eigenvalue weighted by Gasteiger charge is 2.24. The second kappa shape index (κ2) is 9.32. The van der Waals surface area contributed by atoms with Crippen LogP contribution in [0.2, 0.25) is 0 Å². The third-order valence-electron chi connectivity index (χ3n) is 4.45. The molecule has 0 aliphatic carbocycles. The van der Waals surface area contributed by atoms with Crippen LogP contribution in [-0.4, -0.2) is 37.7 Å². The van der Waals surface area contributed by atoms with E-state index < -0.39 is 11.5 Å². The number of alkyl halides is 2. The van der Waals surface area contributed by atoms with Crippen molar-refractivity contribution >= 4 is 5.69 Å². The average Bonchev–Trinajstić information content (AvgIpc) is 2.67. The first-order valence-electron chi connectivity index (χ1n) is 8.41. The van der Waals surface area contributed by atoms with Gasteiger partial charge in [-0.3, -0.25) is 15.0 Å². The summed E-state index contributed by atoms with van der Waals surface area (Å²) in [5.41, 5.74) is 0.906. The lowest BCUT2D eigenvalue weighted by Crippen LogP contribution is -2.23. The maximum Gasteiger partial charge on any atom is 0.387 e. The van der Waals surface area contributed by atoms with Crippen LogP contribution >= 0.6 is 0 Å². The van der Waals surface area contributed by atoms with Crippen molar-refractivity contribution in [3.8, 4) is 17.2 Å². The SMILES string of the molecule is COc1cc(CN(C)C(C)c2ccccc2OC)c([N+](=O)[O-])cc1OC(F)F. The molecule has 2 rings (SSSR count). The summed E-state index contributed by atoms with van der Waals surface area (Å²) in [6, 6.07) is 9.66. The highest BCUT2D eigenvalue weighted by Crippen LogP contribution is 2.37. The van der Waals surface area contributed by atoms with E-state index in [9.17, 15) is 18.9 Å². The number of hydrogen-bond donors (Lipinski definition) is 0. The summed E-state index contributed by atoms with van der Waals surface area (Å²) in [6.07, 6.45) is 0. The lowest BCUT2D eigenvalue weighted by atomic mass is 10.0. The van der Waals surface area contributed by atoms with Gasteiger partial charge in [0.15, 0.2) is 11.5 Å². The summed E-state index contributed by atoms with van der Waals surface area (Å²) in [7, 11) is 4.66. The standard InChI is InChI=1S/C19H22F2N2O5/c1-12(14-7-5-6-8-16(14)26-3)22(2)11-13-9-17(27-4)18(28-19(20)21)10-15(13)23(24)25/h5-10,12,19H,11H2,1-4H3. The van der Waals surface area contributed by atoms with Gasteiger partial charge >= 0.3 is 6.61 Å². The average molecular weight is 396 g/mol. The van der Waals surface area contributed by atoms with E-state index in [1.165, 1.54) is 13.2 Å². The molecule has 0 aliphatic heterocycles. The molecule has 0 heterocycles. The smallest absolute Gasteiger partial charge is 0.387 e. The molecule has 0 saturated carbocycles. The van der Waals surface area contributed by atoms with Gasteiger partial charge in [0.1, 0.15) is 5.75 Å². The van der Waals surface area contributed by atoms with Gasteiger partial charge < -0.3 is 14.2 Å². The minimum Gasteiger partial charge on any atom is -0.496 e. The largest absolute Gasteiger partial charge is 0.496 e. The lowest BCUT2D eigenvalue weighted by molar-refractivity contribution is -0.385. The molecule has 1 atom stereocenters. The molecule has 0 spiro atoms. The Labute approximate surface area is 161 Å². The van der Waals surface area contributed by atoms with Crippen LogP contribution in [0.15, 0.2) is 36.4 Å². The second-order valence-electron chi connectivity index (χ2n) is 6.10. The molecule has 0 radical (unpaired) electrons. The van der Waals surface area contributed by atoms with Crippen molar-refractivity contribution in [2.75, 3.05) is 21.3 Å². The number of nitrogens with zero attached hydrogens (tertiary/aromatic N) is 2. The van der Waals surface area contributed by atoms with E-state index in [1.807, 2.05) is 36.1 Å². The molecule has 0 saturated heterocycles. The summed E-state index contributed by atoms with van der Waals surface area (Å²) in [5.74, 6) is 0.322. The highest BCUT2D eigenvalue weighted by molar-refractivity contribution is 5.54. The Balaban J connectivity index is 2.37. The van der Waals surface area contributed by atoms with E-state index >= 15 is 0 Å². The number of nitro groups is 1. The molecule has 0 N–H and O–H groups in total. The zero-order valence-electron chi connectivity index (χ0n) is 16.0. The van der Waals surface area contributed by atoms with Crippen LogP contribution < -0.4 is 14.2 Å². The van der Waals surface area contributed by atoms with Gasteiger partial charge in [-0.2, -0.15) is 8.78 Å². The zero-order valence-corrected chi connectivity index (χ0v) is 16.0. The van der Waals surface area contributed by atoms with Crippen LogP contribution in [-0.2, 0) is 6.54 Å². The van der Waals surface area contributed by atoms with Gasteiger partial charge in [-0.25, -0.2) is 0 Å². The predicted molar refractivity (Wildman–Crippen MR) is 99.2 cm³/mol. The van der Waals surface area contributed by atoms with Crippen LogP contribution in [0.5, 0.6) is 17.2 Å². The first kappa shape index (κ1) is 21.4. The van der Waals surface area contributed by atoms with Gasteiger partial charge in [-0.05, 0) is 26.1 Å². The van der Waals surface area contributed by atoms with Crippen molar-refractivity contribution in [1.82, 2.24) is 4.90 Å². The van der Waals surface area contributed by atoms with Crippen LogP contribution in [0.3, 0.4) is 0 Å². The number of ether oxygens (including phenoxy) is 3. The molecule has 152 valence electrons. The number of benzene rings is 2. The Morgan fingerprint density at radius 1 is 1.11 bits per heavy atom. The van der Waals surface area contributed by atoms with Gasteiger partial charge in [-0.15, -0.1) is 0 Å². The summed E-state index contributed by atoms with van der Waals surface area (Å²) < 4.78 is 39.9. The minimum atomic E-state index is -3.12. The molecule has 1 unspecified atom stereocenters. The van der Waals surface area contributed by atoms with Crippen LogP contribution in [0.1, 0.15) is 24.1 Å². The molecule has 0 aliphatic rings. The minimum absolute atomic E-state index is 0.000699. The van der Waals surface area contributed by atoms with E-state index in [0.717, 1.165) is 11.6 Å². The number of nitro benzene ring substituents is 1. The third-order valence-corrected chi connectivity index (χ3v) is 4.45. The molecule has 2 aromatic carbocycles. The van der Waals surface area contributed by atoms with Crippen molar-refractivity contribution < 1.29 is 27.9 Å². The molecule has 0 fully saturated rings. The van der Waals surface area contributed by atoms with E-state index in [1.54, 1.807) is 14.2 Å². The fraction of sp³-hybridized carbons (Fsp3) is 0.368. The Kier molecular flexibility index (Phi) is 7.11. The molecule has 28 heavy (non-hydrogen) atoms. The lowest BCUT2D eigenvalue weighted by Gasteiger charge is -2.26. The Bertz CT molecular complexity index is 832. The van der Waals surface area contributed by atoms with Crippen molar-refractivity contribution in [2.24, 2.45) is 0 Å². The summed E-state index contributed by atoms with van der Waals surface area (Å²) in [4.78, 5) is 12.7. The number of halogens is 2. The quantitative estimate of drug-likeness (QED) is 0.462. The summed E-state index contributed by atoms with van der Waals surface area (Å²) in [5, 5.41) is 11.5. The Morgan fingerprint density at radius 3 is 2.32 bits per heavy atom. The van der Waals surface area contributed by atoms with Crippen molar-refractivity contribution in [3.63, 3.8) is 0 Å². The van der Waals surface area contributed by atoms with Gasteiger partial charge in [0.05, 0.1) is 25.2 Å². The topological polar surface area (TPSA) is 74.1 Å². The van der Waals surface area contributed by atoms with E-state index in [4.69, 9.17) is 9.47 Å². The number of hydrogen-bond acceptors (Lipinski definition) is 6. The van der Waals surface area contributed by atoms with Crippen molar-refractivity contribution in [2.45, 2.75) is 26.1 Å². The Hall–Kier alpha value is -2.94. The fourth-order valence-electron chi connectivity index (χ4n) is 2.89. The van der Waals surface area contributed by atoms with Crippen LogP contribution in [0, 0.1) is 10.1 Å². The molecule has 9 heteroatoms. The highest BCUT2D eigenvalue weighted by atomic mass is 19.3. The fourth-order valence-corrected chi connectivity index (χ4v) is 2.89. The molecule has 0 bridgehead atoms.